The Bertz CT molecular complexity index is 471. The van der Waals surface area contributed by atoms with Gasteiger partial charge in [0, 0.05) is 31.4 Å². The largest absolute Gasteiger partial charge is 0.416 e. The fourth-order valence-electron chi connectivity index (χ4n) is 2.69. The predicted octanol–water partition coefficient (Wildman–Crippen LogP) is 2.82. The molecule has 1 aromatic rings. The molecule has 2 fully saturated rings. The zero-order valence-electron chi connectivity index (χ0n) is 11.2. The van der Waals surface area contributed by atoms with Gasteiger partial charge in [-0.1, -0.05) is 0 Å². The van der Waals surface area contributed by atoms with Gasteiger partial charge in [0.05, 0.1) is 5.56 Å². The highest BCUT2D eigenvalue weighted by atomic mass is 19.4. The van der Waals surface area contributed by atoms with Crippen molar-refractivity contribution in [3.63, 3.8) is 0 Å². The molecule has 0 radical (unpaired) electrons. The van der Waals surface area contributed by atoms with Crippen molar-refractivity contribution >= 4 is 5.82 Å². The zero-order chi connectivity index (χ0) is 14.2. The quantitative estimate of drug-likeness (QED) is 0.922. The Labute approximate surface area is 116 Å². The summed E-state index contributed by atoms with van der Waals surface area (Å²) in [6, 6.07) is 3.06. The van der Waals surface area contributed by atoms with Gasteiger partial charge in [0.15, 0.2) is 0 Å². The monoisotopic (exact) mass is 285 g/mol. The molecule has 1 unspecified atom stereocenters. The van der Waals surface area contributed by atoms with Gasteiger partial charge in [0.25, 0.3) is 0 Å². The minimum absolute atomic E-state index is 0.256. The first kappa shape index (κ1) is 13.7. The van der Waals surface area contributed by atoms with Gasteiger partial charge in [0.2, 0.25) is 0 Å². The number of alkyl halides is 3. The van der Waals surface area contributed by atoms with Crippen molar-refractivity contribution in [3.8, 4) is 0 Å². The normalized spacial score (nSPS) is 23.4. The Morgan fingerprint density at radius 2 is 2.10 bits per heavy atom. The van der Waals surface area contributed by atoms with Crippen LogP contribution >= 0.6 is 0 Å². The summed E-state index contributed by atoms with van der Waals surface area (Å²) in [5, 5.41) is 3.45. The van der Waals surface area contributed by atoms with Gasteiger partial charge < -0.3 is 10.2 Å². The molecule has 1 N–H and O–H groups in total. The van der Waals surface area contributed by atoms with Crippen LogP contribution in [0.2, 0.25) is 0 Å². The SMILES string of the molecule is FC(F)(F)c1ccnc(N2CCCC2CNC2CC2)c1. The standard InChI is InChI=1S/C14H18F3N3/c15-14(16,17)10-5-6-18-13(8-10)20-7-1-2-12(20)9-19-11-3-4-11/h5-6,8,11-12,19H,1-4,7,9H2. The van der Waals surface area contributed by atoms with Crippen molar-refractivity contribution in [2.45, 2.75) is 43.9 Å². The third-order valence-corrected chi connectivity index (χ3v) is 3.96. The van der Waals surface area contributed by atoms with Crippen molar-refractivity contribution in [1.82, 2.24) is 10.3 Å². The minimum atomic E-state index is -4.31. The molecular formula is C14H18F3N3. The lowest BCUT2D eigenvalue weighted by atomic mass is 10.2. The van der Waals surface area contributed by atoms with Crippen molar-refractivity contribution in [2.75, 3.05) is 18.0 Å². The van der Waals surface area contributed by atoms with Crippen LogP contribution in [0.25, 0.3) is 0 Å². The lowest BCUT2D eigenvalue weighted by Gasteiger charge is -2.26. The summed E-state index contributed by atoms with van der Waals surface area (Å²) in [4.78, 5) is 6.13. The molecule has 3 rings (SSSR count). The van der Waals surface area contributed by atoms with Gasteiger partial charge >= 0.3 is 6.18 Å². The predicted molar refractivity (Wildman–Crippen MR) is 70.6 cm³/mol. The van der Waals surface area contributed by atoms with E-state index in [9.17, 15) is 13.2 Å². The smallest absolute Gasteiger partial charge is 0.352 e. The molecule has 0 aromatic carbocycles. The topological polar surface area (TPSA) is 28.2 Å². The first-order valence-corrected chi connectivity index (χ1v) is 7.07. The lowest BCUT2D eigenvalue weighted by molar-refractivity contribution is -0.137. The van der Waals surface area contributed by atoms with E-state index in [2.05, 4.69) is 10.3 Å². The van der Waals surface area contributed by atoms with Gasteiger partial charge in [0.1, 0.15) is 5.82 Å². The molecule has 20 heavy (non-hydrogen) atoms. The second-order valence-corrected chi connectivity index (χ2v) is 5.57. The van der Waals surface area contributed by atoms with Crippen LogP contribution in [0.3, 0.4) is 0 Å². The second kappa shape index (κ2) is 5.24. The Morgan fingerprint density at radius 3 is 2.80 bits per heavy atom. The summed E-state index contributed by atoms with van der Waals surface area (Å²) in [5.41, 5.74) is -0.622. The van der Waals surface area contributed by atoms with Crippen LogP contribution in [0.5, 0.6) is 0 Å². The average Bonchev–Trinajstić information content (AvgIpc) is 3.12. The van der Waals surface area contributed by atoms with E-state index in [1.54, 1.807) is 0 Å². The van der Waals surface area contributed by atoms with Crippen LogP contribution in [0, 0.1) is 0 Å². The molecule has 3 nitrogen and oxygen atoms in total. The molecule has 2 aliphatic rings. The Balaban J connectivity index is 1.73. The maximum atomic E-state index is 12.8. The van der Waals surface area contributed by atoms with Crippen LogP contribution in [0.4, 0.5) is 19.0 Å². The number of hydrogen-bond acceptors (Lipinski definition) is 3. The molecular weight excluding hydrogens is 267 g/mol. The Kier molecular flexibility index (Phi) is 3.58. The van der Waals surface area contributed by atoms with E-state index in [1.165, 1.54) is 19.0 Å². The van der Waals surface area contributed by atoms with Crippen LogP contribution in [-0.4, -0.2) is 30.2 Å². The van der Waals surface area contributed by atoms with Gasteiger partial charge in [-0.05, 0) is 37.8 Å². The van der Waals surface area contributed by atoms with Gasteiger partial charge in [-0.2, -0.15) is 13.2 Å². The number of aromatic nitrogens is 1. The molecule has 1 aliphatic carbocycles. The molecule has 1 saturated heterocycles. The first-order chi connectivity index (χ1) is 9.54. The minimum Gasteiger partial charge on any atom is -0.352 e. The highest BCUT2D eigenvalue weighted by Gasteiger charge is 2.33. The summed E-state index contributed by atoms with van der Waals surface area (Å²) in [5.74, 6) is 0.444. The summed E-state index contributed by atoms with van der Waals surface area (Å²) >= 11 is 0. The number of hydrogen-bond donors (Lipinski definition) is 1. The van der Waals surface area contributed by atoms with Gasteiger partial charge in [-0.3, -0.25) is 0 Å². The summed E-state index contributed by atoms with van der Waals surface area (Å²) in [6.07, 6.45) is 1.40. The first-order valence-electron chi connectivity index (χ1n) is 7.07. The zero-order valence-corrected chi connectivity index (χ0v) is 11.2. The molecule has 2 heterocycles. The van der Waals surface area contributed by atoms with Crippen LogP contribution in [0.1, 0.15) is 31.2 Å². The number of nitrogens with zero attached hydrogens (tertiary/aromatic N) is 2. The molecule has 110 valence electrons. The van der Waals surface area contributed by atoms with E-state index in [-0.39, 0.29) is 6.04 Å². The third-order valence-electron chi connectivity index (χ3n) is 3.96. The van der Waals surface area contributed by atoms with E-state index >= 15 is 0 Å². The number of pyridine rings is 1. The summed E-state index contributed by atoms with van der Waals surface area (Å²) in [7, 11) is 0. The fourth-order valence-corrected chi connectivity index (χ4v) is 2.69. The van der Waals surface area contributed by atoms with Crippen LogP contribution in [0.15, 0.2) is 18.3 Å². The molecule has 1 aliphatic heterocycles. The average molecular weight is 285 g/mol. The van der Waals surface area contributed by atoms with Crippen molar-refractivity contribution in [1.29, 1.82) is 0 Å². The summed E-state index contributed by atoms with van der Waals surface area (Å²) < 4.78 is 38.3. The van der Waals surface area contributed by atoms with E-state index in [0.29, 0.717) is 11.9 Å². The van der Waals surface area contributed by atoms with E-state index in [1.807, 2.05) is 4.90 Å². The number of anilines is 1. The molecule has 0 spiro atoms. The summed E-state index contributed by atoms with van der Waals surface area (Å²) in [6.45, 7) is 1.62. The van der Waals surface area contributed by atoms with Gasteiger partial charge in [-0.25, -0.2) is 4.98 Å². The lowest BCUT2D eigenvalue weighted by Crippen LogP contribution is -2.39. The number of halogens is 3. The second-order valence-electron chi connectivity index (χ2n) is 5.57. The maximum absolute atomic E-state index is 12.8. The highest BCUT2D eigenvalue weighted by molar-refractivity contribution is 5.44. The van der Waals surface area contributed by atoms with Crippen LogP contribution in [-0.2, 0) is 6.18 Å². The molecule has 0 bridgehead atoms. The molecule has 1 aromatic heterocycles. The molecule has 0 amide bonds. The van der Waals surface area contributed by atoms with Gasteiger partial charge in [-0.15, -0.1) is 0 Å². The molecule has 6 heteroatoms. The molecule has 1 saturated carbocycles. The van der Waals surface area contributed by atoms with Crippen LogP contribution < -0.4 is 10.2 Å². The Hall–Kier alpha value is -1.30. The van der Waals surface area contributed by atoms with Crippen molar-refractivity contribution < 1.29 is 13.2 Å². The number of nitrogens with one attached hydrogen (secondary N) is 1. The van der Waals surface area contributed by atoms with E-state index in [4.69, 9.17) is 0 Å². The third kappa shape index (κ3) is 3.06. The Morgan fingerprint density at radius 1 is 1.30 bits per heavy atom. The maximum Gasteiger partial charge on any atom is 0.416 e. The number of rotatable bonds is 4. The van der Waals surface area contributed by atoms with Crippen molar-refractivity contribution in [3.05, 3.63) is 23.9 Å². The van der Waals surface area contributed by atoms with Crippen molar-refractivity contribution in [2.24, 2.45) is 0 Å². The fraction of sp³-hybridized carbons (Fsp3) is 0.643. The highest BCUT2D eigenvalue weighted by Crippen LogP contribution is 2.32. The molecule has 1 atom stereocenters. The van der Waals surface area contributed by atoms with E-state index < -0.39 is 11.7 Å². The van der Waals surface area contributed by atoms with E-state index in [0.717, 1.165) is 38.1 Å².